The van der Waals surface area contributed by atoms with Gasteiger partial charge in [0, 0.05) is 29.3 Å². The Kier molecular flexibility index (Phi) is 4.78. The lowest BCUT2D eigenvalue weighted by atomic mass is 10.1. The van der Waals surface area contributed by atoms with E-state index in [2.05, 4.69) is 13.8 Å². The molecule has 1 heterocycles. The van der Waals surface area contributed by atoms with Crippen molar-refractivity contribution in [1.29, 1.82) is 0 Å². The Labute approximate surface area is 127 Å². The van der Waals surface area contributed by atoms with Crippen molar-refractivity contribution in [3.8, 4) is 0 Å². The quantitative estimate of drug-likeness (QED) is 0.894. The summed E-state index contributed by atoms with van der Waals surface area (Å²) in [5.74, 6) is 0.812. The molecule has 118 valence electrons. The first-order valence-corrected chi connectivity index (χ1v) is 7.91. The number of halogens is 3. The van der Waals surface area contributed by atoms with E-state index in [1.54, 1.807) is 17.8 Å². The van der Waals surface area contributed by atoms with Crippen LogP contribution in [-0.2, 0) is 12.8 Å². The normalized spacial score (nSPS) is 19.4. The largest absolute Gasteiger partial charge is 0.418 e. The van der Waals surface area contributed by atoms with Crippen molar-refractivity contribution in [2.75, 3.05) is 23.7 Å². The minimum atomic E-state index is -4.41. The Morgan fingerprint density at radius 1 is 1.29 bits per heavy atom. The minimum absolute atomic E-state index is 0.0954. The molecule has 0 spiro atoms. The van der Waals surface area contributed by atoms with Gasteiger partial charge in [0.25, 0.3) is 0 Å². The average molecular weight is 319 g/mol. The molecule has 1 aliphatic heterocycles. The molecule has 6 heteroatoms. The fourth-order valence-corrected chi connectivity index (χ4v) is 3.55. The molecule has 0 atom stereocenters. The number of alkyl halides is 3. The first kappa shape index (κ1) is 16.5. The van der Waals surface area contributed by atoms with Gasteiger partial charge < -0.3 is 10.0 Å². The Hall–Kier alpha value is -0.880. The molecule has 2 rings (SSSR count). The van der Waals surface area contributed by atoms with Gasteiger partial charge in [-0.2, -0.15) is 24.9 Å². The fraction of sp³-hybridized carbons (Fsp3) is 0.600. The molecule has 0 aliphatic carbocycles. The molecule has 1 N–H and O–H groups in total. The van der Waals surface area contributed by atoms with E-state index < -0.39 is 11.7 Å². The number of thioether (sulfide) groups is 1. The van der Waals surface area contributed by atoms with Gasteiger partial charge in [-0.25, -0.2) is 0 Å². The minimum Gasteiger partial charge on any atom is -0.392 e. The van der Waals surface area contributed by atoms with Gasteiger partial charge in [-0.3, -0.25) is 0 Å². The van der Waals surface area contributed by atoms with Crippen molar-refractivity contribution in [2.24, 2.45) is 0 Å². The number of nitrogens with zero attached hydrogens (tertiary/aromatic N) is 1. The molecule has 1 aromatic rings. The second-order valence-electron chi connectivity index (χ2n) is 5.85. The highest BCUT2D eigenvalue weighted by Gasteiger charge is 2.36. The lowest BCUT2D eigenvalue weighted by molar-refractivity contribution is -0.137. The molecule has 21 heavy (non-hydrogen) atoms. The van der Waals surface area contributed by atoms with Crippen LogP contribution in [0, 0.1) is 0 Å². The Morgan fingerprint density at radius 3 is 2.62 bits per heavy atom. The third-order valence-corrected chi connectivity index (χ3v) is 5.10. The molecule has 0 radical (unpaired) electrons. The summed E-state index contributed by atoms with van der Waals surface area (Å²) >= 11 is 1.80. The van der Waals surface area contributed by atoms with E-state index >= 15 is 0 Å². The van der Waals surface area contributed by atoms with Gasteiger partial charge in [-0.1, -0.05) is 19.9 Å². The van der Waals surface area contributed by atoms with Gasteiger partial charge in [-0.15, -0.1) is 0 Å². The molecule has 1 saturated heterocycles. The van der Waals surface area contributed by atoms with Crippen molar-refractivity contribution in [2.45, 2.75) is 37.8 Å². The topological polar surface area (TPSA) is 23.5 Å². The Bertz CT molecular complexity index is 502. The SMILES string of the molecule is CC1(C)CCN(c2ccc(CO)cc2C(F)(F)F)CCS1. The Morgan fingerprint density at radius 2 is 2.00 bits per heavy atom. The molecule has 0 unspecified atom stereocenters. The molecular weight excluding hydrogens is 299 g/mol. The second kappa shape index (κ2) is 6.08. The maximum absolute atomic E-state index is 13.3. The monoisotopic (exact) mass is 319 g/mol. The number of anilines is 1. The molecule has 1 aliphatic rings. The van der Waals surface area contributed by atoms with Crippen LogP contribution in [0.5, 0.6) is 0 Å². The number of aliphatic hydroxyl groups is 1. The van der Waals surface area contributed by atoms with Gasteiger partial charge in [0.1, 0.15) is 0 Å². The van der Waals surface area contributed by atoms with E-state index in [4.69, 9.17) is 5.11 Å². The van der Waals surface area contributed by atoms with Crippen LogP contribution >= 0.6 is 11.8 Å². The predicted molar refractivity (Wildman–Crippen MR) is 80.7 cm³/mol. The molecule has 0 aromatic heterocycles. The van der Waals surface area contributed by atoms with E-state index in [0.29, 0.717) is 13.1 Å². The highest BCUT2D eigenvalue weighted by molar-refractivity contribution is 8.00. The maximum Gasteiger partial charge on any atom is 0.418 e. The smallest absolute Gasteiger partial charge is 0.392 e. The van der Waals surface area contributed by atoms with Gasteiger partial charge >= 0.3 is 6.18 Å². The zero-order chi connectivity index (χ0) is 15.7. The van der Waals surface area contributed by atoms with Gasteiger partial charge in [0.05, 0.1) is 12.2 Å². The summed E-state index contributed by atoms with van der Waals surface area (Å²) in [6.45, 7) is 5.09. The highest BCUT2D eigenvalue weighted by atomic mass is 32.2. The number of aliphatic hydroxyl groups excluding tert-OH is 1. The van der Waals surface area contributed by atoms with Gasteiger partial charge in [0.15, 0.2) is 0 Å². The summed E-state index contributed by atoms with van der Waals surface area (Å²) in [4.78, 5) is 1.81. The summed E-state index contributed by atoms with van der Waals surface area (Å²) in [5, 5.41) is 9.06. The van der Waals surface area contributed by atoms with Gasteiger partial charge in [-0.05, 0) is 24.1 Å². The zero-order valence-electron chi connectivity index (χ0n) is 12.2. The van der Waals surface area contributed by atoms with Crippen LogP contribution in [0.3, 0.4) is 0 Å². The first-order chi connectivity index (χ1) is 9.73. The number of benzene rings is 1. The number of hydrogen-bond donors (Lipinski definition) is 1. The predicted octanol–water partition coefficient (Wildman–Crippen LogP) is 3.92. The van der Waals surface area contributed by atoms with E-state index in [-0.39, 0.29) is 22.6 Å². The van der Waals surface area contributed by atoms with Crippen molar-refractivity contribution in [3.05, 3.63) is 29.3 Å². The van der Waals surface area contributed by atoms with Crippen LogP contribution in [0.1, 0.15) is 31.4 Å². The van der Waals surface area contributed by atoms with Crippen LogP contribution in [0.2, 0.25) is 0 Å². The Balaban J connectivity index is 2.34. The summed E-state index contributed by atoms with van der Waals surface area (Å²) in [5.41, 5.74) is -0.146. The molecule has 0 saturated carbocycles. The molecule has 0 bridgehead atoms. The molecular formula is C15H20F3NOS. The fourth-order valence-electron chi connectivity index (χ4n) is 2.45. The zero-order valence-corrected chi connectivity index (χ0v) is 13.0. The van der Waals surface area contributed by atoms with Gasteiger partial charge in [0.2, 0.25) is 0 Å². The average Bonchev–Trinajstić information content (AvgIpc) is 2.58. The van der Waals surface area contributed by atoms with Crippen LogP contribution in [-0.4, -0.2) is 28.7 Å². The van der Waals surface area contributed by atoms with E-state index in [0.717, 1.165) is 18.2 Å². The van der Waals surface area contributed by atoms with E-state index in [1.807, 2.05) is 4.90 Å². The van der Waals surface area contributed by atoms with Crippen molar-refractivity contribution in [3.63, 3.8) is 0 Å². The third kappa shape index (κ3) is 4.07. The van der Waals surface area contributed by atoms with Crippen LogP contribution in [0.4, 0.5) is 18.9 Å². The lowest BCUT2D eigenvalue weighted by Gasteiger charge is -2.27. The van der Waals surface area contributed by atoms with Crippen molar-refractivity contribution < 1.29 is 18.3 Å². The van der Waals surface area contributed by atoms with E-state index in [1.165, 1.54) is 6.07 Å². The van der Waals surface area contributed by atoms with Crippen molar-refractivity contribution >= 4 is 17.4 Å². The summed E-state index contributed by atoms with van der Waals surface area (Å²) < 4.78 is 39.9. The maximum atomic E-state index is 13.3. The highest BCUT2D eigenvalue weighted by Crippen LogP contribution is 2.39. The lowest BCUT2D eigenvalue weighted by Crippen LogP contribution is -2.29. The molecule has 1 fully saturated rings. The summed E-state index contributed by atoms with van der Waals surface area (Å²) in [6.07, 6.45) is -3.56. The van der Waals surface area contributed by atoms with E-state index in [9.17, 15) is 13.2 Å². The standard InChI is InChI=1S/C15H20F3NOS/c1-14(2)5-6-19(7-8-21-14)13-4-3-11(10-20)9-12(13)15(16,17)18/h3-4,9,20H,5-8,10H2,1-2H3. The van der Waals surface area contributed by atoms with Crippen LogP contribution in [0.25, 0.3) is 0 Å². The van der Waals surface area contributed by atoms with Crippen molar-refractivity contribution in [1.82, 2.24) is 0 Å². The van der Waals surface area contributed by atoms with Crippen LogP contribution < -0.4 is 4.90 Å². The summed E-state index contributed by atoms with van der Waals surface area (Å²) in [7, 11) is 0. The first-order valence-electron chi connectivity index (χ1n) is 6.93. The number of rotatable bonds is 2. The number of hydrogen-bond acceptors (Lipinski definition) is 3. The second-order valence-corrected chi connectivity index (χ2v) is 7.65. The molecule has 1 aromatic carbocycles. The molecule has 2 nitrogen and oxygen atoms in total. The third-order valence-electron chi connectivity index (χ3n) is 3.73. The summed E-state index contributed by atoms with van der Waals surface area (Å²) in [6, 6.07) is 4.10. The van der Waals surface area contributed by atoms with Crippen LogP contribution in [0.15, 0.2) is 18.2 Å². The molecule has 0 amide bonds.